The molecule has 1 atom stereocenters. The van der Waals surface area contributed by atoms with Crippen molar-refractivity contribution < 1.29 is 9.53 Å². The summed E-state index contributed by atoms with van der Waals surface area (Å²) in [6, 6.07) is 5.43. The fourth-order valence-electron chi connectivity index (χ4n) is 1.32. The number of nitrogens with two attached hydrogens (primary N) is 1. The summed E-state index contributed by atoms with van der Waals surface area (Å²) in [6.45, 7) is 1.98. The summed E-state index contributed by atoms with van der Waals surface area (Å²) in [5, 5.41) is -0.102. The van der Waals surface area contributed by atoms with E-state index in [4.69, 9.17) is 5.73 Å². The first-order chi connectivity index (χ1) is 7.10. The molecule has 0 aliphatic rings. The predicted octanol–water partition coefficient (Wildman–Crippen LogP) is 2.10. The van der Waals surface area contributed by atoms with Gasteiger partial charge in [-0.05, 0) is 36.4 Å². The number of hydrogen-bond donors (Lipinski definition) is 1. The van der Waals surface area contributed by atoms with Crippen molar-refractivity contribution in [1.29, 1.82) is 0 Å². The first kappa shape index (κ1) is 12.1. The van der Waals surface area contributed by atoms with Crippen LogP contribution in [0.1, 0.15) is 26.9 Å². The minimum Gasteiger partial charge on any atom is -0.465 e. The minimum atomic E-state index is -0.329. The SMILES string of the molecule is COC(=O)c1ccc(C)c(C(N)SC)c1. The molecule has 0 amide bonds. The van der Waals surface area contributed by atoms with E-state index < -0.39 is 0 Å². The van der Waals surface area contributed by atoms with Gasteiger partial charge >= 0.3 is 5.97 Å². The van der Waals surface area contributed by atoms with Crippen LogP contribution in [-0.4, -0.2) is 19.3 Å². The van der Waals surface area contributed by atoms with Gasteiger partial charge in [0.25, 0.3) is 0 Å². The van der Waals surface area contributed by atoms with Crippen molar-refractivity contribution in [2.75, 3.05) is 13.4 Å². The summed E-state index contributed by atoms with van der Waals surface area (Å²) in [5.41, 5.74) is 8.53. The summed E-state index contributed by atoms with van der Waals surface area (Å²) >= 11 is 1.55. The molecule has 0 bridgehead atoms. The van der Waals surface area contributed by atoms with Gasteiger partial charge in [0.05, 0.1) is 18.0 Å². The highest BCUT2D eigenvalue weighted by molar-refractivity contribution is 7.98. The summed E-state index contributed by atoms with van der Waals surface area (Å²) in [5.74, 6) is -0.329. The molecule has 0 fully saturated rings. The average Bonchev–Trinajstić information content (AvgIpc) is 2.27. The number of thioether (sulfide) groups is 1. The molecule has 15 heavy (non-hydrogen) atoms. The van der Waals surface area contributed by atoms with Gasteiger partial charge in [0, 0.05) is 0 Å². The Kier molecular flexibility index (Phi) is 4.17. The molecule has 2 N–H and O–H groups in total. The van der Waals surface area contributed by atoms with Crippen molar-refractivity contribution in [2.45, 2.75) is 12.3 Å². The third-order valence-corrected chi connectivity index (χ3v) is 3.02. The van der Waals surface area contributed by atoms with Crippen LogP contribution < -0.4 is 5.73 Å². The lowest BCUT2D eigenvalue weighted by molar-refractivity contribution is 0.0600. The molecule has 0 aliphatic carbocycles. The third-order valence-electron chi connectivity index (χ3n) is 2.26. The molecule has 0 heterocycles. The van der Waals surface area contributed by atoms with E-state index in [9.17, 15) is 4.79 Å². The van der Waals surface area contributed by atoms with Gasteiger partial charge in [-0.2, -0.15) is 0 Å². The molecule has 0 saturated carbocycles. The van der Waals surface area contributed by atoms with E-state index in [1.807, 2.05) is 19.2 Å². The van der Waals surface area contributed by atoms with Crippen molar-refractivity contribution in [3.05, 3.63) is 34.9 Å². The lowest BCUT2D eigenvalue weighted by Gasteiger charge is -2.13. The standard InChI is InChI=1S/C11H15NO2S/c1-7-4-5-8(11(13)14-2)6-9(7)10(12)15-3/h4-6,10H,12H2,1-3H3. The maximum atomic E-state index is 11.3. The topological polar surface area (TPSA) is 52.3 Å². The zero-order valence-electron chi connectivity index (χ0n) is 9.11. The normalized spacial score (nSPS) is 12.3. The van der Waals surface area contributed by atoms with E-state index in [2.05, 4.69) is 4.74 Å². The summed E-state index contributed by atoms with van der Waals surface area (Å²) in [7, 11) is 1.37. The molecule has 1 aromatic carbocycles. The van der Waals surface area contributed by atoms with E-state index in [-0.39, 0.29) is 11.3 Å². The van der Waals surface area contributed by atoms with Crippen LogP contribution in [0.2, 0.25) is 0 Å². The van der Waals surface area contributed by atoms with Gasteiger partial charge in [-0.3, -0.25) is 0 Å². The molecule has 82 valence electrons. The highest BCUT2D eigenvalue weighted by Crippen LogP contribution is 2.25. The summed E-state index contributed by atoms with van der Waals surface area (Å²) < 4.78 is 4.66. The largest absolute Gasteiger partial charge is 0.465 e. The van der Waals surface area contributed by atoms with Crippen LogP contribution in [0.4, 0.5) is 0 Å². The maximum absolute atomic E-state index is 11.3. The molecule has 1 aromatic rings. The fourth-order valence-corrected chi connectivity index (χ4v) is 1.83. The van der Waals surface area contributed by atoms with E-state index in [1.54, 1.807) is 23.9 Å². The monoisotopic (exact) mass is 225 g/mol. The van der Waals surface area contributed by atoms with Gasteiger partial charge in [0.15, 0.2) is 0 Å². The highest BCUT2D eigenvalue weighted by Gasteiger charge is 2.12. The smallest absolute Gasteiger partial charge is 0.337 e. The van der Waals surface area contributed by atoms with Crippen LogP contribution in [0.3, 0.4) is 0 Å². The van der Waals surface area contributed by atoms with Gasteiger partial charge < -0.3 is 10.5 Å². The van der Waals surface area contributed by atoms with Gasteiger partial charge in [0.1, 0.15) is 0 Å². The lowest BCUT2D eigenvalue weighted by Crippen LogP contribution is -2.09. The Morgan fingerprint density at radius 1 is 1.53 bits per heavy atom. The average molecular weight is 225 g/mol. The molecule has 3 nitrogen and oxygen atoms in total. The minimum absolute atomic E-state index is 0.102. The Morgan fingerprint density at radius 2 is 2.20 bits per heavy atom. The molecule has 0 aliphatic heterocycles. The number of carbonyl (C=O) groups is 1. The number of carbonyl (C=O) groups excluding carboxylic acids is 1. The van der Waals surface area contributed by atoms with E-state index >= 15 is 0 Å². The Morgan fingerprint density at radius 3 is 2.73 bits per heavy atom. The Labute approximate surface area is 94.0 Å². The number of methoxy groups -OCH3 is 1. The van der Waals surface area contributed by atoms with E-state index in [0.29, 0.717) is 5.56 Å². The van der Waals surface area contributed by atoms with Crippen LogP contribution in [0.15, 0.2) is 18.2 Å². The molecule has 4 heteroatoms. The van der Waals surface area contributed by atoms with Crippen molar-refractivity contribution in [3.8, 4) is 0 Å². The molecule has 0 saturated heterocycles. The Hall–Kier alpha value is -1.00. The first-order valence-electron chi connectivity index (χ1n) is 4.57. The highest BCUT2D eigenvalue weighted by atomic mass is 32.2. The van der Waals surface area contributed by atoms with Crippen molar-refractivity contribution in [3.63, 3.8) is 0 Å². The second-order valence-corrected chi connectivity index (χ2v) is 4.20. The Balaban J connectivity index is 3.10. The lowest BCUT2D eigenvalue weighted by atomic mass is 10.1. The van der Waals surface area contributed by atoms with Crippen molar-refractivity contribution in [2.24, 2.45) is 5.73 Å². The summed E-state index contributed by atoms with van der Waals surface area (Å²) in [6.07, 6.45) is 1.94. The van der Waals surface area contributed by atoms with Gasteiger partial charge in [0.2, 0.25) is 0 Å². The van der Waals surface area contributed by atoms with E-state index in [0.717, 1.165) is 11.1 Å². The van der Waals surface area contributed by atoms with Gasteiger partial charge in [-0.15, -0.1) is 11.8 Å². The quantitative estimate of drug-likeness (QED) is 0.632. The van der Waals surface area contributed by atoms with E-state index in [1.165, 1.54) is 7.11 Å². The van der Waals surface area contributed by atoms with Crippen molar-refractivity contribution in [1.82, 2.24) is 0 Å². The van der Waals surface area contributed by atoms with Crippen LogP contribution in [0.25, 0.3) is 0 Å². The third kappa shape index (κ3) is 2.73. The molecule has 0 aromatic heterocycles. The maximum Gasteiger partial charge on any atom is 0.337 e. The van der Waals surface area contributed by atoms with Crippen molar-refractivity contribution >= 4 is 17.7 Å². The second kappa shape index (κ2) is 5.19. The fraction of sp³-hybridized carbons (Fsp3) is 0.364. The molecule has 0 spiro atoms. The van der Waals surface area contributed by atoms with Crippen LogP contribution in [0, 0.1) is 6.92 Å². The number of hydrogen-bond acceptors (Lipinski definition) is 4. The first-order valence-corrected chi connectivity index (χ1v) is 5.86. The second-order valence-electron chi connectivity index (χ2n) is 3.22. The van der Waals surface area contributed by atoms with Crippen LogP contribution >= 0.6 is 11.8 Å². The summed E-state index contributed by atoms with van der Waals surface area (Å²) in [4.78, 5) is 11.3. The molecular formula is C11H15NO2S. The zero-order chi connectivity index (χ0) is 11.4. The number of esters is 1. The molecule has 1 unspecified atom stereocenters. The number of aryl methyl sites for hydroxylation is 1. The van der Waals surface area contributed by atoms with Gasteiger partial charge in [-0.25, -0.2) is 4.79 Å². The Bertz CT molecular complexity index is 366. The predicted molar refractivity (Wildman–Crippen MR) is 63.0 cm³/mol. The van der Waals surface area contributed by atoms with Crippen LogP contribution in [0.5, 0.6) is 0 Å². The zero-order valence-corrected chi connectivity index (χ0v) is 9.93. The molecular weight excluding hydrogens is 210 g/mol. The van der Waals surface area contributed by atoms with Crippen LogP contribution in [-0.2, 0) is 4.74 Å². The number of rotatable bonds is 3. The number of benzene rings is 1. The van der Waals surface area contributed by atoms with Gasteiger partial charge in [-0.1, -0.05) is 6.07 Å². The molecule has 0 radical (unpaired) electrons. The molecule has 1 rings (SSSR count). The number of ether oxygens (including phenoxy) is 1.